The summed E-state index contributed by atoms with van der Waals surface area (Å²) >= 11 is 0. The monoisotopic (exact) mass is 377 g/mol. The Labute approximate surface area is 150 Å². The zero-order valence-corrected chi connectivity index (χ0v) is 14.7. The predicted molar refractivity (Wildman–Crippen MR) is 96.2 cm³/mol. The van der Waals surface area contributed by atoms with Gasteiger partial charge >= 0.3 is 0 Å². The number of nitro groups is 1. The average molecular weight is 377 g/mol. The molecule has 3 rings (SSSR count). The molecule has 26 heavy (non-hydrogen) atoms. The third kappa shape index (κ3) is 3.55. The van der Waals surface area contributed by atoms with Crippen LogP contribution in [0.25, 0.3) is 0 Å². The molecule has 0 fully saturated rings. The maximum atomic E-state index is 11.8. The lowest BCUT2D eigenvalue weighted by atomic mass is 9.79. The van der Waals surface area contributed by atoms with Gasteiger partial charge in [-0.25, -0.2) is 13.6 Å². The number of anilines is 1. The van der Waals surface area contributed by atoms with E-state index in [1.807, 2.05) is 24.3 Å². The van der Waals surface area contributed by atoms with E-state index in [1.165, 1.54) is 12.1 Å². The Hall–Kier alpha value is -2.49. The number of rotatable bonds is 5. The van der Waals surface area contributed by atoms with Crippen LogP contribution in [0, 0.1) is 10.1 Å². The van der Waals surface area contributed by atoms with Gasteiger partial charge in [0, 0.05) is 18.7 Å². The first-order valence-electron chi connectivity index (χ1n) is 8.07. The molecule has 0 heterocycles. The van der Waals surface area contributed by atoms with Crippen molar-refractivity contribution in [2.45, 2.75) is 29.8 Å². The number of nitro benzene ring substituents is 1. The third-order valence-electron chi connectivity index (χ3n) is 4.61. The van der Waals surface area contributed by atoms with Gasteiger partial charge in [0.15, 0.2) is 0 Å². The molecule has 2 aromatic carbocycles. The minimum absolute atomic E-state index is 0.0599. The molecular weight excluding hydrogens is 358 g/mol. The van der Waals surface area contributed by atoms with Gasteiger partial charge in [-0.05, 0) is 36.5 Å². The molecule has 138 valence electrons. The number of nitrogens with one attached hydrogen (secondary N) is 1. The molecular formula is C17H19N3O5S. The standard InChI is InChI=1S/C17H19N3O5S/c18-26(24,25)16-10-13(20(22)23)7-8-15(16)19-11-17(21)9-3-5-12-4-1-2-6-14(12)17/h1-2,4,6-8,10,19,21H,3,5,9,11H2,(H2,18,24,25). The van der Waals surface area contributed by atoms with Crippen molar-refractivity contribution in [3.8, 4) is 0 Å². The highest BCUT2D eigenvalue weighted by atomic mass is 32.2. The Balaban J connectivity index is 1.92. The maximum absolute atomic E-state index is 11.8. The Bertz CT molecular complexity index is 961. The van der Waals surface area contributed by atoms with Gasteiger partial charge < -0.3 is 10.4 Å². The van der Waals surface area contributed by atoms with E-state index < -0.39 is 20.5 Å². The number of sulfonamides is 1. The molecule has 1 aliphatic rings. The molecule has 0 bridgehead atoms. The normalized spacial score (nSPS) is 19.6. The number of aryl methyl sites for hydroxylation is 1. The highest BCUT2D eigenvalue weighted by Gasteiger charge is 2.34. The van der Waals surface area contributed by atoms with Gasteiger partial charge in [0.1, 0.15) is 10.5 Å². The molecule has 0 saturated carbocycles. The Morgan fingerprint density at radius 2 is 2.00 bits per heavy atom. The Morgan fingerprint density at radius 1 is 1.27 bits per heavy atom. The number of hydrogen-bond donors (Lipinski definition) is 3. The van der Waals surface area contributed by atoms with Crippen LogP contribution in [0.5, 0.6) is 0 Å². The third-order valence-corrected chi connectivity index (χ3v) is 5.56. The smallest absolute Gasteiger partial charge is 0.270 e. The summed E-state index contributed by atoms with van der Waals surface area (Å²) < 4.78 is 23.6. The van der Waals surface area contributed by atoms with Crippen LogP contribution in [0.4, 0.5) is 11.4 Å². The van der Waals surface area contributed by atoms with Crippen LogP contribution in [0.1, 0.15) is 24.0 Å². The molecule has 0 aromatic heterocycles. The van der Waals surface area contributed by atoms with Gasteiger partial charge in [0.2, 0.25) is 10.0 Å². The van der Waals surface area contributed by atoms with Crippen molar-refractivity contribution in [1.82, 2.24) is 0 Å². The fourth-order valence-electron chi connectivity index (χ4n) is 3.33. The molecule has 8 nitrogen and oxygen atoms in total. The molecule has 0 radical (unpaired) electrons. The molecule has 0 spiro atoms. The van der Waals surface area contributed by atoms with Crippen LogP contribution in [0.3, 0.4) is 0 Å². The topological polar surface area (TPSA) is 136 Å². The molecule has 2 aromatic rings. The van der Waals surface area contributed by atoms with Crippen LogP contribution in [0.2, 0.25) is 0 Å². The van der Waals surface area contributed by atoms with Gasteiger partial charge in [-0.1, -0.05) is 24.3 Å². The van der Waals surface area contributed by atoms with Gasteiger partial charge in [-0.15, -0.1) is 0 Å². The quantitative estimate of drug-likeness (QED) is 0.538. The molecule has 0 amide bonds. The second kappa shape index (κ2) is 6.67. The number of non-ortho nitro benzene ring substituents is 1. The molecule has 1 aliphatic carbocycles. The largest absolute Gasteiger partial charge is 0.383 e. The van der Waals surface area contributed by atoms with Crippen LogP contribution >= 0.6 is 0 Å². The van der Waals surface area contributed by atoms with E-state index in [9.17, 15) is 23.6 Å². The van der Waals surface area contributed by atoms with Crippen molar-refractivity contribution in [3.05, 3.63) is 63.7 Å². The summed E-state index contributed by atoms with van der Waals surface area (Å²) in [5, 5.41) is 30.1. The molecule has 1 unspecified atom stereocenters. The molecule has 4 N–H and O–H groups in total. The van der Waals surface area contributed by atoms with E-state index in [0.717, 1.165) is 30.0 Å². The molecule has 1 atom stereocenters. The van der Waals surface area contributed by atoms with E-state index in [4.69, 9.17) is 5.14 Å². The van der Waals surface area contributed by atoms with E-state index >= 15 is 0 Å². The summed E-state index contributed by atoms with van der Waals surface area (Å²) in [4.78, 5) is 9.83. The number of benzene rings is 2. The van der Waals surface area contributed by atoms with Gasteiger partial charge in [0.05, 0.1) is 10.6 Å². The second-order valence-corrected chi connectivity index (χ2v) is 7.91. The lowest BCUT2D eigenvalue weighted by Gasteiger charge is -2.35. The lowest BCUT2D eigenvalue weighted by molar-refractivity contribution is -0.385. The SMILES string of the molecule is NS(=O)(=O)c1cc([N+](=O)[O-])ccc1NCC1(O)CCCc2ccccc21. The Kier molecular flexibility index (Phi) is 4.70. The lowest BCUT2D eigenvalue weighted by Crippen LogP contribution is -2.37. The van der Waals surface area contributed by atoms with Gasteiger partial charge in [0.25, 0.3) is 5.69 Å². The Morgan fingerprint density at radius 3 is 2.69 bits per heavy atom. The van der Waals surface area contributed by atoms with E-state index in [2.05, 4.69) is 5.32 Å². The first-order valence-corrected chi connectivity index (χ1v) is 9.61. The van der Waals surface area contributed by atoms with Crippen molar-refractivity contribution >= 4 is 21.4 Å². The summed E-state index contributed by atoms with van der Waals surface area (Å²) in [6, 6.07) is 11.0. The fourth-order valence-corrected chi connectivity index (χ4v) is 4.06. The van der Waals surface area contributed by atoms with Crippen molar-refractivity contribution in [1.29, 1.82) is 0 Å². The van der Waals surface area contributed by atoms with Crippen LogP contribution in [0.15, 0.2) is 47.4 Å². The summed E-state index contributed by atoms with van der Waals surface area (Å²) in [6.07, 6.45) is 2.20. The number of aliphatic hydroxyl groups is 1. The van der Waals surface area contributed by atoms with Crippen LogP contribution in [-0.2, 0) is 22.0 Å². The predicted octanol–water partition coefficient (Wildman–Crippen LogP) is 1.88. The second-order valence-electron chi connectivity index (χ2n) is 6.38. The summed E-state index contributed by atoms with van der Waals surface area (Å²) in [7, 11) is -4.17. The highest BCUT2D eigenvalue weighted by molar-refractivity contribution is 7.89. The summed E-state index contributed by atoms with van der Waals surface area (Å²) in [6.45, 7) is 0.0599. The number of nitrogens with zero attached hydrogens (tertiary/aromatic N) is 1. The van der Waals surface area contributed by atoms with Crippen molar-refractivity contribution in [2.24, 2.45) is 5.14 Å². The van der Waals surface area contributed by atoms with Crippen LogP contribution in [-0.4, -0.2) is 25.0 Å². The van der Waals surface area contributed by atoms with Gasteiger partial charge in [-0.3, -0.25) is 10.1 Å². The minimum atomic E-state index is -4.17. The molecule has 0 saturated heterocycles. The molecule has 9 heteroatoms. The number of hydrogen-bond acceptors (Lipinski definition) is 6. The fraction of sp³-hybridized carbons (Fsp3) is 0.294. The first-order chi connectivity index (χ1) is 12.2. The first kappa shape index (κ1) is 18.3. The highest BCUT2D eigenvalue weighted by Crippen LogP contribution is 2.36. The van der Waals surface area contributed by atoms with Gasteiger partial charge in [-0.2, -0.15) is 0 Å². The minimum Gasteiger partial charge on any atom is -0.383 e. The summed E-state index contributed by atoms with van der Waals surface area (Å²) in [5.74, 6) is 0. The molecule has 0 aliphatic heterocycles. The van der Waals surface area contributed by atoms with Crippen molar-refractivity contribution < 1.29 is 18.4 Å². The number of nitrogens with two attached hydrogens (primary N) is 1. The number of fused-ring (bicyclic) bond motifs is 1. The van der Waals surface area contributed by atoms with E-state index in [-0.39, 0.29) is 22.8 Å². The van der Waals surface area contributed by atoms with Crippen molar-refractivity contribution in [2.75, 3.05) is 11.9 Å². The number of primary sulfonamides is 1. The van der Waals surface area contributed by atoms with E-state index in [0.29, 0.717) is 6.42 Å². The average Bonchev–Trinajstić information content (AvgIpc) is 2.59. The zero-order valence-electron chi connectivity index (χ0n) is 13.9. The van der Waals surface area contributed by atoms with E-state index in [1.54, 1.807) is 0 Å². The van der Waals surface area contributed by atoms with Crippen LogP contribution < -0.4 is 10.5 Å². The summed E-state index contributed by atoms with van der Waals surface area (Å²) in [5.41, 5.74) is 0.443. The van der Waals surface area contributed by atoms with Crippen molar-refractivity contribution in [3.63, 3.8) is 0 Å². The zero-order chi connectivity index (χ0) is 18.9. The maximum Gasteiger partial charge on any atom is 0.270 e.